The van der Waals surface area contributed by atoms with Crippen LogP contribution >= 0.6 is 0 Å². The molecular formula is C17H29NO3. The van der Waals surface area contributed by atoms with Gasteiger partial charge in [0.05, 0.1) is 13.7 Å². The summed E-state index contributed by atoms with van der Waals surface area (Å²) in [5.74, 6) is 1.53. The van der Waals surface area contributed by atoms with Crippen LogP contribution in [-0.4, -0.2) is 32.0 Å². The Hall–Kier alpha value is -1.26. The van der Waals surface area contributed by atoms with Gasteiger partial charge in [0.15, 0.2) is 11.5 Å². The highest BCUT2D eigenvalue weighted by molar-refractivity contribution is 5.42. The second kappa shape index (κ2) is 8.90. The number of methoxy groups -OCH3 is 1. The van der Waals surface area contributed by atoms with Crippen LogP contribution in [0.2, 0.25) is 0 Å². The van der Waals surface area contributed by atoms with Gasteiger partial charge in [-0.3, -0.25) is 0 Å². The molecule has 0 aliphatic rings. The standard InChI is InChI=1S/C17H29NO3/c1-5-17(6-2,13-19)12-18-11-14-8-9-15(20-4)16(10-14)21-7-3/h8-10,18-19H,5-7,11-13H2,1-4H3. The fraction of sp³-hybridized carbons (Fsp3) is 0.647. The Kier molecular flexibility index (Phi) is 7.54. The Morgan fingerprint density at radius 3 is 2.38 bits per heavy atom. The maximum atomic E-state index is 9.58. The van der Waals surface area contributed by atoms with E-state index in [0.29, 0.717) is 6.61 Å². The molecule has 0 fully saturated rings. The van der Waals surface area contributed by atoms with Gasteiger partial charge in [-0.15, -0.1) is 0 Å². The van der Waals surface area contributed by atoms with Gasteiger partial charge >= 0.3 is 0 Å². The van der Waals surface area contributed by atoms with Crippen LogP contribution in [0.25, 0.3) is 0 Å². The zero-order chi connectivity index (χ0) is 15.7. The van der Waals surface area contributed by atoms with Crippen LogP contribution in [0.15, 0.2) is 18.2 Å². The molecule has 0 saturated carbocycles. The van der Waals surface area contributed by atoms with Crippen molar-refractivity contribution in [1.82, 2.24) is 5.32 Å². The summed E-state index contributed by atoms with van der Waals surface area (Å²) in [7, 11) is 1.65. The highest BCUT2D eigenvalue weighted by Gasteiger charge is 2.24. The van der Waals surface area contributed by atoms with Gasteiger partial charge in [0.1, 0.15) is 0 Å². The largest absolute Gasteiger partial charge is 0.493 e. The lowest BCUT2D eigenvalue weighted by atomic mass is 9.83. The third-order valence-electron chi connectivity index (χ3n) is 4.19. The van der Waals surface area contributed by atoms with Crippen LogP contribution in [0.3, 0.4) is 0 Å². The van der Waals surface area contributed by atoms with Crippen molar-refractivity contribution in [1.29, 1.82) is 0 Å². The van der Waals surface area contributed by atoms with Crippen LogP contribution in [0.5, 0.6) is 11.5 Å². The van der Waals surface area contributed by atoms with Crippen molar-refractivity contribution in [3.05, 3.63) is 23.8 Å². The predicted octanol–water partition coefficient (Wildman–Crippen LogP) is 2.98. The zero-order valence-electron chi connectivity index (χ0n) is 13.7. The Morgan fingerprint density at radius 2 is 1.86 bits per heavy atom. The van der Waals surface area contributed by atoms with Crippen molar-refractivity contribution in [2.75, 3.05) is 26.9 Å². The van der Waals surface area contributed by atoms with Gasteiger partial charge in [-0.2, -0.15) is 0 Å². The third kappa shape index (κ3) is 4.90. The summed E-state index contributed by atoms with van der Waals surface area (Å²) in [6.45, 7) is 8.62. The molecule has 0 aromatic heterocycles. The minimum atomic E-state index is -0.0186. The van der Waals surface area contributed by atoms with E-state index in [-0.39, 0.29) is 12.0 Å². The quantitative estimate of drug-likeness (QED) is 0.697. The van der Waals surface area contributed by atoms with Crippen LogP contribution in [0, 0.1) is 5.41 Å². The van der Waals surface area contributed by atoms with E-state index in [1.54, 1.807) is 7.11 Å². The van der Waals surface area contributed by atoms with E-state index in [4.69, 9.17) is 9.47 Å². The number of aliphatic hydroxyl groups excluding tert-OH is 1. The van der Waals surface area contributed by atoms with E-state index in [9.17, 15) is 5.11 Å². The van der Waals surface area contributed by atoms with Crippen molar-refractivity contribution < 1.29 is 14.6 Å². The molecule has 0 bridgehead atoms. The van der Waals surface area contributed by atoms with Gasteiger partial charge in [-0.1, -0.05) is 19.9 Å². The molecule has 0 radical (unpaired) electrons. The first-order chi connectivity index (χ1) is 10.1. The molecule has 21 heavy (non-hydrogen) atoms. The van der Waals surface area contributed by atoms with Gasteiger partial charge < -0.3 is 19.9 Å². The topological polar surface area (TPSA) is 50.7 Å². The predicted molar refractivity (Wildman–Crippen MR) is 86.0 cm³/mol. The molecule has 0 aliphatic carbocycles. The van der Waals surface area contributed by atoms with E-state index < -0.39 is 0 Å². The summed E-state index contributed by atoms with van der Waals surface area (Å²) in [5, 5.41) is 13.0. The third-order valence-corrected chi connectivity index (χ3v) is 4.19. The Morgan fingerprint density at radius 1 is 1.14 bits per heavy atom. The summed E-state index contributed by atoms with van der Waals surface area (Å²) in [5.41, 5.74) is 1.13. The van der Waals surface area contributed by atoms with Crippen molar-refractivity contribution in [3.63, 3.8) is 0 Å². The monoisotopic (exact) mass is 295 g/mol. The highest BCUT2D eigenvalue weighted by Crippen LogP contribution is 2.28. The van der Waals surface area contributed by atoms with Crippen molar-refractivity contribution in [3.8, 4) is 11.5 Å². The van der Waals surface area contributed by atoms with Crippen molar-refractivity contribution >= 4 is 0 Å². The first kappa shape index (κ1) is 17.8. The molecule has 0 unspecified atom stereocenters. The summed E-state index contributed by atoms with van der Waals surface area (Å²) >= 11 is 0. The average molecular weight is 295 g/mol. The highest BCUT2D eigenvalue weighted by atomic mass is 16.5. The number of benzene rings is 1. The van der Waals surface area contributed by atoms with E-state index in [0.717, 1.165) is 43.0 Å². The zero-order valence-corrected chi connectivity index (χ0v) is 13.7. The van der Waals surface area contributed by atoms with Crippen molar-refractivity contribution in [2.24, 2.45) is 5.41 Å². The minimum Gasteiger partial charge on any atom is -0.493 e. The van der Waals surface area contributed by atoms with Gasteiger partial charge in [-0.25, -0.2) is 0 Å². The van der Waals surface area contributed by atoms with Crippen LogP contribution < -0.4 is 14.8 Å². The molecule has 1 aromatic carbocycles. The number of aliphatic hydroxyl groups is 1. The minimum absolute atomic E-state index is 0.0186. The number of ether oxygens (including phenoxy) is 2. The number of hydrogen-bond acceptors (Lipinski definition) is 4. The molecule has 0 amide bonds. The fourth-order valence-corrected chi connectivity index (χ4v) is 2.35. The molecule has 0 spiro atoms. The molecule has 2 N–H and O–H groups in total. The van der Waals surface area contributed by atoms with Crippen LogP contribution in [0.1, 0.15) is 39.2 Å². The van der Waals surface area contributed by atoms with Gasteiger partial charge in [-0.05, 0) is 37.5 Å². The Bertz CT molecular complexity index is 408. The molecule has 0 saturated heterocycles. The van der Waals surface area contributed by atoms with E-state index in [1.165, 1.54) is 0 Å². The van der Waals surface area contributed by atoms with Gasteiger partial charge in [0, 0.05) is 25.1 Å². The lowest BCUT2D eigenvalue weighted by Gasteiger charge is -2.29. The first-order valence-electron chi connectivity index (χ1n) is 7.76. The van der Waals surface area contributed by atoms with E-state index >= 15 is 0 Å². The maximum absolute atomic E-state index is 9.58. The number of rotatable bonds is 10. The Balaban J connectivity index is 2.65. The smallest absolute Gasteiger partial charge is 0.161 e. The second-order valence-corrected chi connectivity index (χ2v) is 5.39. The molecule has 1 rings (SSSR count). The molecule has 0 heterocycles. The number of nitrogens with one attached hydrogen (secondary N) is 1. The van der Waals surface area contributed by atoms with Crippen LogP contribution in [-0.2, 0) is 6.54 Å². The Labute approximate surface area is 128 Å². The maximum Gasteiger partial charge on any atom is 0.161 e. The van der Waals surface area contributed by atoms with Gasteiger partial charge in [0.25, 0.3) is 0 Å². The molecule has 0 aliphatic heterocycles. The molecule has 4 heteroatoms. The fourth-order valence-electron chi connectivity index (χ4n) is 2.35. The molecule has 4 nitrogen and oxygen atoms in total. The molecule has 1 aromatic rings. The SMILES string of the molecule is CCOc1cc(CNCC(CC)(CC)CO)ccc1OC. The normalized spacial score (nSPS) is 11.5. The second-order valence-electron chi connectivity index (χ2n) is 5.39. The molecule has 120 valence electrons. The molecular weight excluding hydrogens is 266 g/mol. The summed E-state index contributed by atoms with van der Waals surface area (Å²) in [6.07, 6.45) is 1.94. The van der Waals surface area contributed by atoms with Crippen molar-refractivity contribution in [2.45, 2.75) is 40.2 Å². The molecule has 0 atom stereocenters. The lowest BCUT2D eigenvalue weighted by molar-refractivity contribution is 0.113. The average Bonchev–Trinajstić information content (AvgIpc) is 2.53. The summed E-state index contributed by atoms with van der Waals surface area (Å²) in [6, 6.07) is 5.97. The van der Waals surface area contributed by atoms with E-state index in [2.05, 4.69) is 19.2 Å². The first-order valence-corrected chi connectivity index (χ1v) is 7.76. The lowest BCUT2D eigenvalue weighted by Crippen LogP contribution is -2.36. The van der Waals surface area contributed by atoms with Crippen LogP contribution in [0.4, 0.5) is 0 Å². The van der Waals surface area contributed by atoms with E-state index in [1.807, 2.05) is 25.1 Å². The summed E-state index contributed by atoms with van der Waals surface area (Å²) in [4.78, 5) is 0. The van der Waals surface area contributed by atoms with Gasteiger partial charge in [0.2, 0.25) is 0 Å². The number of hydrogen-bond donors (Lipinski definition) is 2. The summed E-state index contributed by atoms with van der Waals surface area (Å²) < 4.78 is 10.9.